The van der Waals surface area contributed by atoms with Crippen molar-refractivity contribution in [2.75, 3.05) is 13.2 Å². The summed E-state index contributed by atoms with van der Waals surface area (Å²) in [4.78, 5) is 35.1. The van der Waals surface area contributed by atoms with Gasteiger partial charge in [-0.2, -0.15) is 0 Å². The number of guanidine groups is 1. The molecule has 1 atom stereocenters. The maximum Gasteiger partial charge on any atom is 0.310 e. The van der Waals surface area contributed by atoms with Crippen LogP contribution in [0.3, 0.4) is 0 Å². The van der Waals surface area contributed by atoms with Crippen LogP contribution in [0.15, 0.2) is 36.4 Å². The predicted molar refractivity (Wildman–Crippen MR) is 128 cm³/mol. The van der Waals surface area contributed by atoms with Gasteiger partial charge < -0.3 is 26.8 Å². The molecule has 0 radical (unpaired) electrons. The van der Waals surface area contributed by atoms with E-state index in [-0.39, 0.29) is 36.0 Å². The Balaban J connectivity index is 2.08. The van der Waals surface area contributed by atoms with E-state index in [1.165, 1.54) is 12.1 Å². The molecule has 7 N–H and O–H groups in total. The van der Waals surface area contributed by atoms with Gasteiger partial charge in [-0.25, -0.2) is 0 Å². The number of rotatable bonds is 12. The molecule has 2 amide bonds. The summed E-state index contributed by atoms with van der Waals surface area (Å²) in [5.74, 6) is -1.71. The second-order valence-corrected chi connectivity index (χ2v) is 8.03. The monoisotopic (exact) mass is 510 g/mol. The van der Waals surface area contributed by atoms with E-state index in [0.29, 0.717) is 29.4 Å². The van der Waals surface area contributed by atoms with Gasteiger partial charge in [0.05, 0.1) is 11.5 Å². The largest absolute Gasteiger partial charge is 0.486 e. The number of nitro benzene ring substituents is 1. The number of hydrogen-bond acceptors (Lipinski definition) is 6. The Morgan fingerprint density at radius 1 is 1.18 bits per heavy atom. The molecule has 0 aromatic heterocycles. The van der Waals surface area contributed by atoms with Gasteiger partial charge in [0.2, 0.25) is 5.91 Å². The number of benzene rings is 2. The number of nitro groups is 1. The highest BCUT2D eigenvalue weighted by atomic mass is 35.5. The van der Waals surface area contributed by atoms with Crippen molar-refractivity contribution in [1.82, 2.24) is 10.6 Å². The number of nitrogens with one attached hydrogen (secondary N) is 3. The number of carbonyl (C=O) groups is 2. The molecule has 2 aromatic carbocycles. The molecule has 2 rings (SSSR count). The Hall–Kier alpha value is -3.57. The maximum atomic E-state index is 12.7. The molecule has 0 spiro atoms. The molecule has 34 heavy (non-hydrogen) atoms. The van der Waals surface area contributed by atoms with Crippen molar-refractivity contribution >= 4 is 46.7 Å². The fraction of sp³-hybridized carbons (Fsp3) is 0.286. The van der Waals surface area contributed by atoms with Crippen LogP contribution in [0.25, 0.3) is 0 Å². The summed E-state index contributed by atoms with van der Waals surface area (Å²) < 4.78 is 5.59. The average Bonchev–Trinajstić information content (AvgIpc) is 2.76. The molecular formula is C21H24Cl2N6O5. The molecule has 0 bridgehead atoms. The van der Waals surface area contributed by atoms with Gasteiger partial charge in [0, 0.05) is 40.7 Å². The smallest absolute Gasteiger partial charge is 0.310 e. The SMILES string of the molecule is N=C(N)NCCC[C@H](NC(=O)c1ccc([N+](=O)[O-])c(OCCc2ccc(Cl)cc2Cl)c1)C(N)=O. The van der Waals surface area contributed by atoms with Crippen LogP contribution >= 0.6 is 23.2 Å². The first-order valence-corrected chi connectivity index (χ1v) is 10.9. The molecular weight excluding hydrogens is 487 g/mol. The van der Waals surface area contributed by atoms with Crippen LogP contribution in [0.5, 0.6) is 5.75 Å². The van der Waals surface area contributed by atoms with Crippen LogP contribution in [0.2, 0.25) is 10.0 Å². The molecule has 0 saturated carbocycles. The molecule has 0 heterocycles. The third-order valence-electron chi connectivity index (χ3n) is 4.70. The van der Waals surface area contributed by atoms with Gasteiger partial charge >= 0.3 is 5.69 Å². The Bertz CT molecular complexity index is 1080. The number of amides is 2. The highest BCUT2D eigenvalue weighted by molar-refractivity contribution is 6.35. The number of nitrogens with two attached hydrogens (primary N) is 2. The third kappa shape index (κ3) is 8.09. The van der Waals surface area contributed by atoms with Gasteiger partial charge in [-0.05, 0) is 36.6 Å². The molecule has 0 fully saturated rings. The number of halogens is 2. The van der Waals surface area contributed by atoms with Crippen LogP contribution < -0.4 is 26.8 Å². The van der Waals surface area contributed by atoms with Crippen molar-refractivity contribution < 1.29 is 19.2 Å². The van der Waals surface area contributed by atoms with Crippen molar-refractivity contribution in [3.05, 3.63) is 67.7 Å². The molecule has 13 heteroatoms. The molecule has 0 unspecified atom stereocenters. The van der Waals surface area contributed by atoms with Crippen LogP contribution in [0.1, 0.15) is 28.8 Å². The zero-order valence-corrected chi connectivity index (χ0v) is 19.5. The summed E-state index contributed by atoms with van der Waals surface area (Å²) in [6, 6.07) is 7.63. The standard InChI is InChI=1S/C21H24Cl2N6O5/c22-14-5-3-12(15(23)11-14)7-9-34-18-10-13(4-6-17(18)29(32)33)20(31)28-16(19(24)30)2-1-8-27-21(25)26/h3-6,10-11,16H,1-2,7-9H2,(H2,24,30)(H,28,31)(H4,25,26,27)/t16-/m0/s1. The number of nitrogens with zero attached hydrogens (tertiary/aromatic N) is 1. The van der Waals surface area contributed by atoms with Gasteiger partial charge in [0.25, 0.3) is 5.91 Å². The third-order valence-corrected chi connectivity index (χ3v) is 5.28. The zero-order valence-electron chi connectivity index (χ0n) is 18.0. The fourth-order valence-corrected chi connectivity index (χ4v) is 3.48. The summed E-state index contributed by atoms with van der Waals surface area (Å²) in [6.45, 7) is 0.377. The fourth-order valence-electron chi connectivity index (χ4n) is 2.97. The van der Waals surface area contributed by atoms with E-state index in [4.69, 9.17) is 44.8 Å². The first-order chi connectivity index (χ1) is 16.1. The van der Waals surface area contributed by atoms with Gasteiger partial charge in [-0.1, -0.05) is 29.3 Å². The van der Waals surface area contributed by atoms with Crippen LogP contribution in [-0.2, 0) is 11.2 Å². The highest BCUT2D eigenvalue weighted by Crippen LogP contribution is 2.29. The van der Waals surface area contributed by atoms with E-state index < -0.39 is 22.8 Å². The topological polar surface area (TPSA) is 186 Å². The number of ether oxygens (including phenoxy) is 1. The summed E-state index contributed by atoms with van der Waals surface area (Å²) >= 11 is 12.0. The van der Waals surface area contributed by atoms with Crippen molar-refractivity contribution in [3.8, 4) is 5.75 Å². The van der Waals surface area contributed by atoms with Gasteiger partial charge in [-0.3, -0.25) is 25.1 Å². The minimum Gasteiger partial charge on any atom is -0.486 e. The molecule has 0 aliphatic carbocycles. The summed E-state index contributed by atoms with van der Waals surface area (Å²) in [6.07, 6.45) is 0.969. The Morgan fingerprint density at radius 3 is 2.53 bits per heavy atom. The molecule has 0 aliphatic heterocycles. The maximum absolute atomic E-state index is 12.7. The first-order valence-electron chi connectivity index (χ1n) is 10.1. The van der Waals surface area contributed by atoms with E-state index in [1.807, 2.05) is 0 Å². The summed E-state index contributed by atoms with van der Waals surface area (Å²) in [5, 5.41) is 24.5. The zero-order chi connectivity index (χ0) is 25.3. The average molecular weight is 511 g/mol. The highest BCUT2D eigenvalue weighted by Gasteiger charge is 2.22. The Kier molecular flexibility index (Phi) is 9.90. The van der Waals surface area contributed by atoms with Gasteiger partial charge in [-0.15, -0.1) is 0 Å². The second kappa shape index (κ2) is 12.6. The van der Waals surface area contributed by atoms with Crippen molar-refractivity contribution in [1.29, 1.82) is 5.41 Å². The number of carbonyl (C=O) groups excluding carboxylic acids is 2. The van der Waals surface area contributed by atoms with Crippen LogP contribution in [0, 0.1) is 15.5 Å². The van der Waals surface area contributed by atoms with E-state index in [1.54, 1.807) is 18.2 Å². The van der Waals surface area contributed by atoms with Crippen LogP contribution in [-0.4, -0.2) is 41.9 Å². The minimum absolute atomic E-state index is 0.0539. The minimum atomic E-state index is -0.979. The summed E-state index contributed by atoms with van der Waals surface area (Å²) in [7, 11) is 0. The van der Waals surface area contributed by atoms with Gasteiger partial charge in [0.1, 0.15) is 6.04 Å². The van der Waals surface area contributed by atoms with Gasteiger partial charge in [0.15, 0.2) is 11.7 Å². The lowest BCUT2D eigenvalue weighted by Crippen LogP contribution is -2.45. The lowest BCUT2D eigenvalue weighted by molar-refractivity contribution is -0.385. The van der Waals surface area contributed by atoms with Crippen molar-refractivity contribution in [3.63, 3.8) is 0 Å². The normalized spacial score (nSPS) is 11.4. The molecule has 0 saturated heterocycles. The lowest BCUT2D eigenvalue weighted by Gasteiger charge is -2.16. The molecule has 182 valence electrons. The van der Waals surface area contributed by atoms with E-state index in [2.05, 4.69) is 10.6 Å². The van der Waals surface area contributed by atoms with Crippen molar-refractivity contribution in [2.24, 2.45) is 11.5 Å². The Labute approximate surface area is 205 Å². The van der Waals surface area contributed by atoms with E-state index in [0.717, 1.165) is 11.6 Å². The summed E-state index contributed by atoms with van der Waals surface area (Å²) in [5.41, 5.74) is 11.0. The predicted octanol–water partition coefficient (Wildman–Crippen LogP) is 2.37. The van der Waals surface area contributed by atoms with Crippen molar-refractivity contribution in [2.45, 2.75) is 25.3 Å². The molecule has 2 aromatic rings. The Morgan fingerprint density at radius 2 is 1.91 bits per heavy atom. The second-order valence-electron chi connectivity index (χ2n) is 7.18. The lowest BCUT2D eigenvalue weighted by atomic mass is 10.1. The van der Waals surface area contributed by atoms with Crippen LogP contribution in [0.4, 0.5) is 5.69 Å². The molecule has 0 aliphatic rings. The van der Waals surface area contributed by atoms with E-state index in [9.17, 15) is 19.7 Å². The van der Waals surface area contributed by atoms with E-state index >= 15 is 0 Å². The number of hydrogen-bond donors (Lipinski definition) is 5. The quantitative estimate of drug-likeness (QED) is 0.0951. The number of primary amides is 1. The molecule has 11 nitrogen and oxygen atoms in total. The first kappa shape index (κ1) is 26.7.